The van der Waals surface area contributed by atoms with Crippen LogP contribution in [0.5, 0.6) is 5.75 Å². The summed E-state index contributed by atoms with van der Waals surface area (Å²) in [6.45, 7) is 6.67. The fraction of sp³-hybridized carbons (Fsp3) is 0.263. The summed E-state index contributed by atoms with van der Waals surface area (Å²) in [5.74, 6) is -0.556. The Kier molecular flexibility index (Phi) is 5.95. The van der Waals surface area contributed by atoms with E-state index in [4.69, 9.17) is 4.74 Å². The first kappa shape index (κ1) is 17.5. The van der Waals surface area contributed by atoms with Crippen LogP contribution in [0.1, 0.15) is 23.6 Å². The van der Waals surface area contributed by atoms with Crippen molar-refractivity contribution in [3.63, 3.8) is 0 Å². The Bertz CT molecular complexity index is 724. The zero-order valence-corrected chi connectivity index (χ0v) is 14.2. The number of carbonyl (C=O) groups is 2. The van der Waals surface area contributed by atoms with Gasteiger partial charge in [-0.05, 0) is 55.7 Å². The average Bonchev–Trinajstić information content (AvgIpc) is 2.58. The number of anilines is 1. The molecule has 24 heavy (non-hydrogen) atoms. The largest absolute Gasteiger partial charge is 0.494 e. The van der Waals surface area contributed by atoms with Gasteiger partial charge in [-0.1, -0.05) is 24.3 Å². The van der Waals surface area contributed by atoms with Crippen molar-refractivity contribution in [1.82, 2.24) is 5.32 Å². The van der Waals surface area contributed by atoms with E-state index in [1.807, 2.05) is 57.2 Å². The summed E-state index contributed by atoms with van der Waals surface area (Å²) in [5, 5.41) is 5.25. The molecule has 2 rings (SSSR count). The van der Waals surface area contributed by atoms with Crippen molar-refractivity contribution in [2.24, 2.45) is 0 Å². The lowest BCUT2D eigenvalue weighted by atomic mass is 10.1. The van der Waals surface area contributed by atoms with Crippen molar-refractivity contribution < 1.29 is 14.3 Å². The number of nitrogens with one attached hydrogen (secondary N) is 2. The number of carbonyl (C=O) groups excluding carboxylic acids is 2. The molecule has 2 aromatic carbocycles. The van der Waals surface area contributed by atoms with E-state index in [1.165, 1.54) is 0 Å². The second-order valence-corrected chi connectivity index (χ2v) is 5.46. The van der Waals surface area contributed by atoms with Gasteiger partial charge in [-0.2, -0.15) is 0 Å². The Labute approximate surface area is 142 Å². The van der Waals surface area contributed by atoms with Crippen LogP contribution in [0.4, 0.5) is 5.69 Å². The number of ether oxygens (including phenoxy) is 1. The van der Waals surface area contributed by atoms with Crippen LogP contribution in [-0.2, 0) is 16.1 Å². The molecule has 0 saturated heterocycles. The molecule has 2 N–H and O–H groups in total. The molecule has 0 fully saturated rings. The minimum Gasteiger partial charge on any atom is -0.494 e. The van der Waals surface area contributed by atoms with E-state index in [1.54, 1.807) is 6.07 Å². The highest BCUT2D eigenvalue weighted by Crippen LogP contribution is 2.17. The molecule has 0 aromatic heterocycles. The maximum atomic E-state index is 12.0. The van der Waals surface area contributed by atoms with Crippen molar-refractivity contribution >= 4 is 17.5 Å². The molecule has 2 amide bonds. The van der Waals surface area contributed by atoms with Gasteiger partial charge in [0.1, 0.15) is 5.75 Å². The minimum absolute atomic E-state index is 0.283. The number of aryl methyl sites for hydroxylation is 1. The van der Waals surface area contributed by atoms with Crippen molar-refractivity contribution in [3.8, 4) is 5.75 Å². The first-order valence-corrected chi connectivity index (χ1v) is 7.88. The van der Waals surface area contributed by atoms with Gasteiger partial charge in [0.15, 0.2) is 0 Å². The lowest BCUT2D eigenvalue weighted by molar-refractivity contribution is -0.136. The van der Waals surface area contributed by atoms with E-state index in [2.05, 4.69) is 10.6 Å². The monoisotopic (exact) mass is 326 g/mol. The summed E-state index contributed by atoms with van der Waals surface area (Å²) in [7, 11) is 0. The third-order valence-corrected chi connectivity index (χ3v) is 3.75. The van der Waals surface area contributed by atoms with Gasteiger partial charge in [-0.15, -0.1) is 0 Å². The molecule has 0 heterocycles. The van der Waals surface area contributed by atoms with Crippen LogP contribution in [0.3, 0.4) is 0 Å². The fourth-order valence-corrected chi connectivity index (χ4v) is 2.20. The second kappa shape index (κ2) is 8.15. The molecule has 0 unspecified atom stereocenters. The highest BCUT2D eigenvalue weighted by atomic mass is 16.5. The minimum atomic E-state index is -0.672. The molecule has 0 aliphatic carbocycles. The van der Waals surface area contributed by atoms with Gasteiger partial charge in [0.05, 0.1) is 6.61 Å². The van der Waals surface area contributed by atoms with E-state index in [9.17, 15) is 9.59 Å². The number of benzene rings is 2. The molecule has 5 heteroatoms. The molecule has 5 nitrogen and oxygen atoms in total. The van der Waals surface area contributed by atoms with E-state index >= 15 is 0 Å². The molecule has 0 aliphatic rings. The number of hydrogen-bond donors (Lipinski definition) is 2. The molecule has 0 spiro atoms. The molecule has 0 radical (unpaired) electrons. The Morgan fingerprint density at radius 3 is 2.38 bits per heavy atom. The summed E-state index contributed by atoms with van der Waals surface area (Å²) in [5.41, 5.74) is 3.55. The van der Waals surface area contributed by atoms with Crippen LogP contribution in [0.15, 0.2) is 42.5 Å². The standard InChI is InChI=1S/C19H22N2O3/c1-4-24-16-10-8-15(9-11-16)12-20-18(22)19(23)21-17-7-5-6-13(2)14(17)3/h5-11H,4,12H2,1-3H3,(H,20,22)(H,21,23). The lowest BCUT2D eigenvalue weighted by Crippen LogP contribution is -2.35. The Morgan fingerprint density at radius 1 is 1.00 bits per heavy atom. The maximum absolute atomic E-state index is 12.0. The number of hydrogen-bond acceptors (Lipinski definition) is 3. The van der Waals surface area contributed by atoms with Crippen LogP contribution in [0.25, 0.3) is 0 Å². The number of rotatable bonds is 5. The van der Waals surface area contributed by atoms with Crippen LogP contribution < -0.4 is 15.4 Å². The maximum Gasteiger partial charge on any atom is 0.313 e. The van der Waals surface area contributed by atoms with Crippen molar-refractivity contribution in [3.05, 3.63) is 59.2 Å². The number of amides is 2. The van der Waals surface area contributed by atoms with Crippen LogP contribution in [0, 0.1) is 13.8 Å². The third-order valence-electron chi connectivity index (χ3n) is 3.75. The van der Waals surface area contributed by atoms with Crippen molar-refractivity contribution in [2.75, 3.05) is 11.9 Å². The first-order valence-electron chi connectivity index (χ1n) is 7.88. The Morgan fingerprint density at radius 2 is 1.71 bits per heavy atom. The van der Waals surface area contributed by atoms with Gasteiger partial charge in [-0.3, -0.25) is 9.59 Å². The zero-order chi connectivity index (χ0) is 17.5. The lowest BCUT2D eigenvalue weighted by Gasteiger charge is -2.10. The predicted molar refractivity (Wildman–Crippen MR) is 94.0 cm³/mol. The summed E-state index contributed by atoms with van der Waals surface area (Å²) in [6.07, 6.45) is 0. The van der Waals surface area contributed by atoms with E-state index in [0.29, 0.717) is 12.3 Å². The highest BCUT2D eigenvalue weighted by Gasteiger charge is 2.14. The SMILES string of the molecule is CCOc1ccc(CNC(=O)C(=O)Nc2cccc(C)c2C)cc1. The van der Waals surface area contributed by atoms with Crippen LogP contribution in [0.2, 0.25) is 0 Å². The van der Waals surface area contributed by atoms with Gasteiger partial charge in [0.25, 0.3) is 0 Å². The summed E-state index contributed by atoms with van der Waals surface area (Å²) >= 11 is 0. The van der Waals surface area contributed by atoms with Crippen molar-refractivity contribution in [2.45, 2.75) is 27.3 Å². The normalized spacial score (nSPS) is 10.1. The van der Waals surface area contributed by atoms with Gasteiger partial charge in [0, 0.05) is 12.2 Å². The second-order valence-electron chi connectivity index (χ2n) is 5.46. The molecule has 0 bridgehead atoms. The molecular formula is C19H22N2O3. The summed E-state index contributed by atoms with van der Waals surface area (Å²) < 4.78 is 5.36. The van der Waals surface area contributed by atoms with E-state index in [0.717, 1.165) is 22.4 Å². The highest BCUT2D eigenvalue weighted by molar-refractivity contribution is 6.39. The van der Waals surface area contributed by atoms with Gasteiger partial charge in [0.2, 0.25) is 0 Å². The molecule has 2 aromatic rings. The van der Waals surface area contributed by atoms with Gasteiger partial charge in [-0.25, -0.2) is 0 Å². The topological polar surface area (TPSA) is 67.4 Å². The van der Waals surface area contributed by atoms with Gasteiger partial charge >= 0.3 is 11.8 Å². The van der Waals surface area contributed by atoms with Gasteiger partial charge < -0.3 is 15.4 Å². The predicted octanol–water partition coefficient (Wildman–Crippen LogP) is 2.96. The van der Waals surface area contributed by atoms with E-state index < -0.39 is 11.8 Å². The third kappa shape index (κ3) is 4.59. The molecule has 0 atom stereocenters. The molecule has 0 aliphatic heterocycles. The van der Waals surface area contributed by atoms with E-state index in [-0.39, 0.29) is 6.54 Å². The molecule has 0 saturated carbocycles. The first-order chi connectivity index (χ1) is 11.5. The quantitative estimate of drug-likeness (QED) is 0.830. The fourth-order valence-electron chi connectivity index (χ4n) is 2.20. The average molecular weight is 326 g/mol. The Hall–Kier alpha value is -2.82. The summed E-state index contributed by atoms with van der Waals surface area (Å²) in [4.78, 5) is 23.9. The zero-order valence-electron chi connectivity index (χ0n) is 14.2. The smallest absolute Gasteiger partial charge is 0.313 e. The van der Waals surface area contributed by atoms with Crippen LogP contribution in [-0.4, -0.2) is 18.4 Å². The molecule has 126 valence electrons. The van der Waals surface area contributed by atoms with Crippen LogP contribution >= 0.6 is 0 Å². The Balaban J connectivity index is 1.89. The molecular weight excluding hydrogens is 304 g/mol. The summed E-state index contributed by atoms with van der Waals surface area (Å²) in [6, 6.07) is 13.0. The van der Waals surface area contributed by atoms with Crippen molar-refractivity contribution in [1.29, 1.82) is 0 Å².